The largest absolute Gasteiger partial charge is 0.384 e. The Balaban J connectivity index is 1.64. The molecule has 4 heterocycles. The molecule has 6 N–H and O–H groups in total. The van der Waals surface area contributed by atoms with Crippen LogP contribution < -0.4 is 27.2 Å². The van der Waals surface area contributed by atoms with Gasteiger partial charge in [-0.2, -0.15) is 5.10 Å². The summed E-state index contributed by atoms with van der Waals surface area (Å²) in [7, 11) is 0. The van der Waals surface area contributed by atoms with E-state index in [1.807, 2.05) is 12.4 Å². The molecule has 1 fully saturated rings. The van der Waals surface area contributed by atoms with Gasteiger partial charge in [-0.3, -0.25) is 4.90 Å². The lowest BCUT2D eigenvalue weighted by Gasteiger charge is -2.43. The smallest absolute Gasteiger partial charge is 0.139 e. The molecular weight excluding hydrogens is 304 g/mol. The lowest BCUT2D eigenvalue weighted by atomic mass is 10.00. The first-order valence-electron chi connectivity index (χ1n) is 8.61. The molecule has 4 rings (SSSR count). The molecule has 1 saturated heterocycles. The Morgan fingerprint density at radius 3 is 3.00 bits per heavy atom. The number of rotatable bonds is 3. The fraction of sp³-hybridized carbons (Fsp3) is 0.562. The second-order valence-electron chi connectivity index (χ2n) is 6.85. The van der Waals surface area contributed by atoms with Crippen LogP contribution in [0, 0.1) is 0 Å². The maximum atomic E-state index is 6.31. The van der Waals surface area contributed by atoms with E-state index in [0.29, 0.717) is 17.9 Å². The molecule has 8 heteroatoms. The van der Waals surface area contributed by atoms with Crippen LogP contribution in [0.1, 0.15) is 19.4 Å². The number of hydrogen-bond donors (Lipinski definition) is 5. The lowest BCUT2D eigenvalue weighted by molar-refractivity contribution is 0.118. The van der Waals surface area contributed by atoms with Crippen LogP contribution in [0.4, 0.5) is 5.82 Å². The molecule has 3 aliphatic rings. The van der Waals surface area contributed by atoms with Gasteiger partial charge < -0.3 is 21.8 Å². The minimum atomic E-state index is 0.158. The molecule has 0 spiro atoms. The highest BCUT2D eigenvalue weighted by Gasteiger charge is 2.34. The summed E-state index contributed by atoms with van der Waals surface area (Å²) >= 11 is 0. The van der Waals surface area contributed by atoms with Gasteiger partial charge >= 0.3 is 0 Å². The Hall–Kier alpha value is -2.03. The van der Waals surface area contributed by atoms with E-state index < -0.39 is 0 Å². The van der Waals surface area contributed by atoms with Gasteiger partial charge in [-0.25, -0.2) is 10.1 Å². The van der Waals surface area contributed by atoms with E-state index in [4.69, 9.17) is 5.73 Å². The molecule has 0 radical (unpaired) electrons. The molecular formula is C16H26N8. The zero-order valence-electron chi connectivity index (χ0n) is 14.2. The molecule has 0 aromatic carbocycles. The zero-order chi connectivity index (χ0) is 16.7. The summed E-state index contributed by atoms with van der Waals surface area (Å²) in [6.45, 7) is 8.33. The number of nitrogens with two attached hydrogens (primary N) is 1. The minimum absolute atomic E-state index is 0.158. The lowest BCUT2D eigenvalue weighted by Crippen LogP contribution is -2.60. The van der Waals surface area contributed by atoms with Crippen LogP contribution in [0.15, 0.2) is 18.5 Å². The Bertz CT molecular complexity index is 674. The van der Waals surface area contributed by atoms with E-state index in [-0.39, 0.29) is 6.04 Å². The van der Waals surface area contributed by atoms with Crippen molar-refractivity contribution in [3.05, 3.63) is 24.0 Å². The maximum Gasteiger partial charge on any atom is 0.139 e. The molecule has 1 aromatic rings. The molecule has 0 bridgehead atoms. The first-order valence-corrected chi connectivity index (χ1v) is 8.61. The van der Waals surface area contributed by atoms with Crippen LogP contribution in [-0.2, 0) is 0 Å². The van der Waals surface area contributed by atoms with Crippen LogP contribution in [0.25, 0.3) is 11.4 Å². The third kappa shape index (κ3) is 2.56. The zero-order valence-corrected chi connectivity index (χ0v) is 14.2. The third-order valence-electron chi connectivity index (χ3n) is 5.04. The summed E-state index contributed by atoms with van der Waals surface area (Å²) < 4.78 is 1.79. The van der Waals surface area contributed by atoms with E-state index in [2.05, 4.69) is 51.4 Å². The Kier molecular flexibility index (Phi) is 3.95. The number of hydrogen-bond acceptors (Lipinski definition) is 7. The Morgan fingerprint density at radius 1 is 1.38 bits per heavy atom. The SMILES string of the molecule is CC(C)N1CCNCC1C1C=C(N)n2ncc(C3=CNNC3)c2N1. The van der Waals surface area contributed by atoms with Crippen molar-refractivity contribution < 1.29 is 0 Å². The fourth-order valence-electron chi connectivity index (χ4n) is 3.80. The molecule has 130 valence electrons. The van der Waals surface area contributed by atoms with E-state index in [1.165, 1.54) is 5.57 Å². The quantitative estimate of drug-likeness (QED) is 0.513. The van der Waals surface area contributed by atoms with Crippen molar-refractivity contribution in [2.45, 2.75) is 32.0 Å². The number of nitrogens with one attached hydrogen (secondary N) is 4. The van der Waals surface area contributed by atoms with Gasteiger partial charge in [-0.15, -0.1) is 0 Å². The van der Waals surface area contributed by atoms with E-state index >= 15 is 0 Å². The highest BCUT2D eigenvalue weighted by atomic mass is 15.4. The molecule has 3 aliphatic heterocycles. The molecule has 0 saturated carbocycles. The van der Waals surface area contributed by atoms with Crippen molar-refractivity contribution in [1.29, 1.82) is 0 Å². The number of nitrogens with zero attached hydrogens (tertiary/aromatic N) is 3. The summed E-state index contributed by atoms with van der Waals surface area (Å²) in [5.41, 5.74) is 14.7. The minimum Gasteiger partial charge on any atom is -0.384 e. The van der Waals surface area contributed by atoms with Gasteiger partial charge in [-0.1, -0.05) is 0 Å². The molecule has 0 amide bonds. The van der Waals surface area contributed by atoms with Crippen molar-refractivity contribution in [3.8, 4) is 0 Å². The topological polar surface area (TPSA) is 95.2 Å². The van der Waals surface area contributed by atoms with Crippen LogP contribution in [0.2, 0.25) is 0 Å². The second-order valence-corrected chi connectivity index (χ2v) is 6.85. The summed E-state index contributed by atoms with van der Waals surface area (Å²) in [5, 5.41) is 11.6. The monoisotopic (exact) mass is 330 g/mol. The molecule has 8 nitrogen and oxygen atoms in total. The van der Waals surface area contributed by atoms with Gasteiger partial charge in [0.05, 0.1) is 12.2 Å². The summed E-state index contributed by atoms with van der Waals surface area (Å²) in [6, 6.07) is 1.03. The predicted octanol–water partition coefficient (Wildman–Crippen LogP) is -0.435. The van der Waals surface area contributed by atoms with E-state index in [0.717, 1.165) is 37.6 Å². The van der Waals surface area contributed by atoms with Crippen LogP contribution in [-0.4, -0.2) is 59.0 Å². The average Bonchev–Trinajstić information content (AvgIpc) is 3.23. The fourth-order valence-corrected chi connectivity index (χ4v) is 3.80. The van der Waals surface area contributed by atoms with Crippen molar-refractivity contribution in [2.24, 2.45) is 5.73 Å². The van der Waals surface area contributed by atoms with Crippen LogP contribution in [0.3, 0.4) is 0 Å². The predicted molar refractivity (Wildman–Crippen MR) is 95.7 cm³/mol. The Morgan fingerprint density at radius 2 is 2.25 bits per heavy atom. The van der Waals surface area contributed by atoms with Gasteiger partial charge in [0, 0.05) is 50.0 Å². The van der Waals surface area contributed by atoms with Gasteiger partial charge in [0.2, 0.25) is 0 Å². The molecule has 24 heavy (non-hydrogen) atoms. The standard InChI is InChI=1S/C16H26N8/c1-10(2)23-4-3-18-9-14(23)13-5-15(17)24-16(22-13)12(8-21-24)11-6-19-20-7-11/h5-6,8,10,13-14,18-20,22H,3-4,7,9,17H2,1-2H3. The summed E-state index contributed by atoms with van der Waals surface area (Å²) in [6.07, 6.45) is 5.95. The molecule has 2 unspecified atom stereocenters. The molecule has 2 atom stereocenters. The van der Waals surface area contributed by atoms with Crippen LogP contribution in [0.5, 0.6) is 0 Å². The van der Waals surface area contributed by atoms with Crippen molar-refractivity contribution in [2.75, 3.05) is 31.5 Å². The van der Waals surface area contributed by atoms with Crippen molar-refractivity contribution >= 4 is 17.2 Å². The normalized spacial score (nSPS) is 27.3. The first-order chi connectivity index (χ1) is 11.6. The first kappa shape index (κ1) is 15.5. The number of hydrazine groups is 1. The number of piperazine rings is 1. The molecule has 1 aromatic heterocycles. The van der Waals surface area contributed by atoms with Gasteiger partial charge in [0.15, 0.2) is 0 Å². The summed E-state index contributed by atoms with van der Waals surface area (Å²) in [5.74, 6) is 1.67. The van der Waals surface area contributed by atoms with Crippen molar-refractivity contribution in [3.63, 3.8) is 0 Å². The number of fused-ring (bicyclic) bond motifs is 1. The van der Waals surface area contributed by atoms with E-state index in [1.54, 1.807) is 4.68 Å². The van der Waals surface area contributed by atoms with Gasteiger partial charge in [-0.05, 0) is 25.5 Å². The van der Waals surface area contributed by atoms with Crippen molar-refractivity contribution in [1.82, 2.24) is 30.8 Å². The van der Waals surface area contributed by atoms with Crippen LogP contribution >= 0.6 is 0 Å². The summed E-state index contributed by atoms with van der Waals surface area (Å²) in [4.78, 5) is 2.54. The van der Waals surface area contributed by atoms with E-state index in [9.17, 15) is 0 Å². The maximum absolute atomic E-state index is 6.31. The number of aromatic nitrogens is 2. The second kappa shape index (κ2) is 6.12. The average molecular weight is 330 g/mol. The third-order valence-corrected chi connectivity index (χ3v) is 5.04. The highest BCUT2D eigenvalue weighted by molar-refractivity contribution is 5.79. The molecule has 0 aliphatic carbocycles. The highest BCUT2D eigenvalue weighted by Crippen LogP contribution is 2.30. The Labute approximate surface area is 142 Å². The van der Waals surface area contributed by atoms with Gasteiger partial charge in [0.25, 0.3) is 0 Å². The number of anilines is 1. The van der Waals surface area contributed by atoms with Gasteiger partial charge in [0.1, 0.15) is 11.6 Å².